The summed E-state index contributed by atoms with van der Waals surface area (Å²) >= 11 is 0. The zero-order chi connectivity index (χ0) is 13.7. The lowest BCUT2D eigenvalue weighted by atomic mass is 10.1. The van der Waals surface area contributed by atoms with Gasteiger partial charge in [-0.15, -0.1) is 0 Å². The molecule has 1 aromatic carbocycles. The first kappa shape index (κ1) is 13.2. The zero-order valence-electron chi connectivity index (χ0n) is 10.9. The summed E-state index contributed by atoms with van der Waals surface area (Å²) in [4.78, 5) is 17.9. The molecule has 0 aliphatic heterocycles. The molecular formula is C15H17N3O. The highest BCUT2D eigenvalue weighted by Gasteiger charge is 2.13. The third kappa shape index (κ3) is 3.17. The molecule has 0 saturated heterocycles. The summed E-state index contributed by atoms with van der Waals surface area (Å²) in [5.74, 6) is -0.0903. The molecule has 1 heterocycles. The fourth-order valence-corrected chi connectivity index (χ4v) is 1.92. The number of pyridine rings is 1. The highest BCUT2D eigenvalue weighted by atomic mass is 16.2. The van der Waals surface area contributed by atoms with Crippen molar-refractivity contribution in [1.82, 2.24) is 9.88 Å². The van der Waals surface area contributed by atoms with Crippen LogP contribution in [0.25, 0.3) is 0 Å². The molecule has 0 aliphatic carbocycles. The van der Waals surface area contributed by atoms with Crippen molar-refractivity contribution >= 4 is 5.91 Å². The fourth-order valence-electron chi connectivity index (χ4n) is 1.92. The lowest BCUT2D eigenvalue weighted by molar-refractivity contribution is 0.0779. The molecule has 0 aliphatic rings. The molecule has 1 aromatic heterocycles. The van der Waals surface area contributed by atoms with Gasteiger partial charge in [-0.3, -0.25) is 9.78 Å². The molecule has 4 heteroatoms. The van der Waals surface area contributed by atoms with Crippen LogP contribution >= 0.6 is 0 Å². The van der Waals surface area contributed by atoms with Crippen LogP contribution in [0, 0.1) is 0 Å². The van der Waals surface area contributed by atoms with Crippen molar-refractivity contribution in [2.45, 2.75) is 13.1 Å². The Hall–Kier alpha value is -2.20. The Morgan fingerprint density at radius 3 is 2.47 bits per heavy atom. The number of hydrogen-bond acceptors (Lipinski definition) is 3. The van der Waals surface area contributed by atoms with E-state index in [0.717, 1.165) is 11.1 Å². The van der Waals surface area contributed by atoms with E-state index in [1.165, 1.54) is 0 Å². The van der Waals surface area contributed by atoms with E-state index in [2.05, 4.69) is 4.98 Å². The smallest absolute Gasteiger partial charge is 0.272 e. The van der Waals surface area contributed by atoms with Crippen LogP contribution in [0.4, 0.5) is 0 Å². The number of amides is 1. The minimum Gasteiger partial charge on any atom is -0.336 e. The number of rotatable bonds is 4. The Labute approximate surface area is 112 Å². The van der Waals surface area contributed by atoms with Crippen LogP contribution in [-0.2, 0) is 13.1 Å². The van der Waals surface area contributed by atoms with E-state index in [1.54, 1.807) is 30.3 Å². The molecule has 98 valence electrons. The van der Waals surface area contributed by atoms with Gasteiger partial charge in [-0.2, -0.15) is 0 Å². The van der Waals surface area contributed by atoms with E-state index in [0.29, 0.717) is 18.8 Å². The minimum atomic E-state index is -0.0903. The van der Waals surface area contributed by atoms with E-state index in [-0.39, 0.29) is 5.91 Å². The Balaban J connectivity index is 2.13. The molecule has 0 radical (unpaired) electrons. The van der Waals surface area contributed by atoms with Crippen molar-refractivity contribution in [2.75, 3.05) is 7.05 Å². The van der Waals surface area contributed by atoms with E-state index in [4.69, 9.17) is 5.73 Å². The molecule has 4 nitrogen and oxygen atoms in total. The first-order valence-corrected chi connectivity index (χ1v) is 6.15. The van der Waals surface area contributed by atoms with Crippen molar-refractivity contribution in [3.05, 3.63) is 65.5 Å². The monoisotopic (exact) mass is 255 g/mol. The summed E-state index contributed by atoms with van der Waals surface area (Å²) < 4.78 is 0. The summed E-state index contributed by atoms with van der Waals surface area (Å²) in [6.07, 6.45) is 1.62. The molecular weight excluding hydrogens is 238 g/mol. The topological polar surface area (TPSA) is 59.2 Å². The summed E-state index contributed by atoms with van der Waals surface area (Å²) in [7, 11) is 1.77. The van der Waals surface area contributed by atoms with Crippen LogP contribution in [0.15, 0.2) is 48.7 Å². The highest BCUT2D eigenvalue weighted by Crippen LogP contribution is 2.11. The standard InChI is InChI=1S/C15H17N3O/c1-18(15(19)14-8-4-5-9-17-14)11-13-7-3-2-6-12(13)10-16/h2-9H,10-11,16H2,1H3. The van der Waals surface area contributed by atoms with Gasteiger partial charge in [0.2, 0.25) is 0 Å². The predicted octanol–water partition coefficient (Wildman–Crippen LogP) is 1.81. The van der Waals surface area contributed by atoms with Gasteiger partial charge in [0.25, 0.3) is 5.91 Å². The zero-order valence-corrected chi connectivity index (χ0v) is 10.9. The van der Waals surface area contributed by atoms with E-state index >= 15 is 0 Å². The second kappa shape index (κ2) is 6.11. The third-order valence-corrected chi connectivity index (χ3v) is 2.98. The quantitative estimate of drug-likeness (QED) is 0.906. The van der Waals surface area contributed by atoms with Gasteiger partial charge in [0.05, 0.1) is 0 Å². The third-order valence-electron chi connectivity index (χ3n) is 2.98. The fraction of sp³-hybridized carbons (Fsp3) is 0.200. The van der Waals surface area contributed by atoms with Gasteiger partial charge in [0.15, 0.2) is 0 Å². The Morgan fingerprint density at radius 1 is 1.16 bits per heavy atom. The second-order valence-electron chi connectivity index (χ2n) is 4.35. The van der Waals surface area contributed by atoms with Gasteiger partial charge in [-0.05, 0) is 23.3 Å². The van der Waals surface area contributed by atoms with Gasteiger partial charge >= 0.3 is 0 Å². The Morgan fingerprint density at radius 2 is 1.84 bits per heavy atom. The van der Waals surface area contributed by atoms with Crippen molar-refractivity contribution < 1.29 is 4.79 Å². The molecule has 0 spiro atoms. The molecule has 2 rings (SSSR count). The van der Waals surface area contributed by atoms with E-state index < -0.39 is 0 Å². The van der Waals surface area contributed by atoms with Crippen molar-refractivity contribution in [1.29, 1.82) is 0 Å². The summed E-state index contributed by atoms with van der Waals surface area (Å²) in [6, 6.07) is 13.2. The van der Waals surface area contributed by atoms with Crippen LogP contribution < -0.4 is 5.73 Å². The molecule has 2 N–H and O–H groups in total. The van der Waals surface area contributed by atoms with Gasteiger partial charge < -0.3 is 10.6 Å². The maximum absolute atomic E-state index is 12.2. The van der Waals surface area contributed by atoms with Gasteiger partial charge in [0, 0.05) is 26.3 Å². The lowest BCUT2D eigenvalue weighted by Gasteiger charge is -2.18. The maximum atomic E-state index is 12.2. The van der Waals surface area contributed by atoms with Crippen LogP contribution in [0.5, 0.6) is 0 Å². The van der Waals surface area contributed by atoms with Crippen LogP contribution in [0.3, 0.4) is 0 Å². The second-order valence-corrected chi connectivity index (χ2v) is 4.35. The van der Waals surface area contributed by atoms with Gasteiger partial charge in [-0.25, -0.2) is 0 Å². The number of carbonyl (C=O) groups is 1. The van der Waals surface area contributed by atoms with Crippen molar-refractivity contribution in [3.8, 4) is 0 Å². The molecule has 1 amide bonds. The Bertz CT molecular complexity index is 554. The number of benzene rings is 1. The SMILES string of the molecule is CN(Cc1ccccc1CN)C(=O)c1ccccn1. The molecule has 0 atom stereocenters. The van der Waals surface area contributed by atoms with Crippen molar-refractivity contribution in [3.63, 3.8) is 0 Å². The van der Waals surface area contributed by atoms with Gasteiger partial charge in [0.1, 0.15) is 5.69 Å². The molecule has 19 heavy (non-hydrogen) atoms. The Kier molecular flexibility index (Phi) is 4.26. The highest BCUT2D eigenvalue weighted by molar-refractivity contribution is 5.92. The predicted molar refractivity (Wildman–Crippen MR) is 74.4 cm³/mol. The number of carbonyl (C=O) groups excluding carboxylic acids is 1. The molecule has 0 unspecified atom stereocenters. The summed E-state index contributed by atoms with van der Waals surface area (Å²) in [5.41, 5.74) is 8.28. The van der Waals surface area contributed by atoms with E-state index in [1.807, 2.05) is 30.3 Å². The molecule has 0 fully saturated rings. The van der Waals surface area contributed by atoms with Crippen molar-refractivity contribution in [2.24, 2.45) is 5.73 Å². The van der Waals surface area contributed by atoms with Crippen LogP contribution in [0.2, 0.25) is 0 Å². The minimum absolute atomic E-state index is 0.0903. The lowest BCUT2D eigenvalue weighted by Crippen LogP contribution is -2.27. The van der Waals surface area contributed by atoms with E-state index in [9.17, 15) is 4.79 Å². The summed E-state index contributed by atoms with van der Waals surface area (Å²) in [6.45, 7) is 1.00. The summed E-state index contributed by atoms with van der Waals surface area (Å²) in [5, 5.41) is 0. The maximum Gasteiger partial charge on any atom is 0.272 e. The average molecular weight is 255 g/mol. The number of nitrogens with two attached hydrogens (primary N) is 1. The van der Waals surface area contributed by atoms with Gasteiger partial charge in [-0.1, -0.05) is 30.3 Å². The number of aromatic nitrogens is 1. The number of hydrogen-bond donors (Lipinski definition) is 1. The molecule has 2 aromatic rings. The van der Waals surface area contributed by atoms with Crippen LogP contribution in [-0.4, -0.2) is 22.8 Å². The van der Waals surface area contributed by atoms with Crippen LogP contribution in [0.1, 0.15) is 21.6 Å². The average Bonchev–Trinajstić information content (AvgIpc) is 2.48. The number of nitrogens with zero attached hydrogens (tertiary/aromatic N) is 2. The first-order chi connectivity index (χ1) is 9.22. The normalized spacial score (nSPS) is 10.2. The largest absolute Gasteiger partial charge is 0.336 e. The molecule has 0 saturated carbocycles. The first-order valence-electron chi connectivity index (χ1n) is 6.15. The molecule has 0 bridgehead atoms.